The molecule has 0 spiro atoms. The van der Waals surface area contributed by atoms with Crippen LogP contribution >= 0.6 is 0 Å². The minimum absolute atomic E-state index is 0.139. The Labute approximate surface area is 72.4 Å². The molecule has 0 amide bonds. The highest BCUT2D eigenvalue weighted by Gasteiger charge is 2.25. The molecule has 66 valence electrons. The highest BCUT2D eigenvalue weighted by Crippen LogP contribution is 2.15. The number of ketones is 1. The van der Waals surface area contributed by atoms with Crippen molar-refractivity contribution in [1.29, 1.82) is 0 Å². The second kappa shape index (κ2) is 2.73. The van der Waals surface area contributed by atoms with Gasteiger partial charge in [-0.05, 0) is 27.7 Å². The van der Waals surface area contributed by atoms with Crippen molar-refractivity contribution in [2.24, 2.45) is 0 Å². The number of carbonyl (C=O) groups is 1. The SMILES string of the molecule is CC(=O)C(C)(C)n1cnc(C)c1. The average molecular weight is 166 g/mol. The first-order valence-corrected chi connectivity index (χ1v) is 3.96. The van der Waals surface area contributed by atoms with Crippen LogP contribution < -0.4 is 0 Å². The monoisotopic (exact) mass is 166 g/mol. The van der Waals surface area contributed by atoms with Gasteiger partial charge in [0.2, 0.25) is 0 Å². The molecule has 0 saturated carbocycles. The van der Waals surface area contributed by atoms with Crippen LogP contribution in [0, 0.1) is 6.92 Å². The van der Waals surface area contributed by atoms with E-state index < -0.39 is 5.54 Å². The van der Waals surface area contributed by atoms with E-state index in [1.807, 2.05) is 31.5 Å². The first-order chi connectivity index (χ1) is 5.44. The van der Waals surface area contributed by atoms with E-state index in [1.165, 1.54) is 0 Å². The van der Waals surface area contributed by atoms with Crippen molar-refractivity contribution >= 4 is 5.78 Å². The summed E-state index contributed by atoms with van der Waals surface area (Å²) in [5.74, 6) is 0.139. The van der Waals surface area contributed by atoms with Crippen LogP contribution in [-0.4, -0.2) is 15.3 Å². The third-order valence-corrected chi connectivity index (χ3v) is 2.22. The van der Waals surface area contributed by atoms with Crippen LogP contribution in [0.1, 0.15) is 26.5 Å². The zero-order chi connectivity index (χ0) is 9.35. The maximum atomic E-state index is 11.2. The van der Waals surface area contributed by atoms with Crippen molar-refractivity contribution in [3.63, 3.8) is 0 Å². The number of imidazole rings is 1. The van der Waals surface area contributed by atoms with E-state index in [1.54, 1.807) is 13.3 Å². The van der Waals surface area contributed by atoms with Crippen LogP contribution in [0.5, 0.6) is 0 Å². The molecule has 0 radical (unpaired) electrons. The molecule has 1 aromatic heterocycles. The van der Waals surface area contributed by atoms with Crippen LogP contribution in [0.15, 0.2) is 12.5 Å². The van der Waals surface area contributed by atoms with E-state index >= 15 is 0 Å². The molecule has 0 N–H and O–H groups in total. The Kier molecular flexibility index (Phi) is 2.04. The first kappa shape index (κ1) is 8.97. The van der Waals surface area contributed by atoms with Gasteiger partial charge in [-0.3, -0.25) is 4.79 Å². The summed E-state index contributed by atoms with van der Waals surface area (Å²) < 4.78 is 1.84. The van der Waals surface area contributed by atoms with Crippen molar-refractivity contribution in [3.05, 3.63) is 18.2 Å². The average Bonchev–Trinajstić information content (AvgIpc) is 2.35. The fourth-order valence-corrected chi connectivity index (χ4v) is 0.909. The summed E-state index contributed by atoms with van der Waals surface area (Å²) in [6.07, 6.45) is 3.57. The Bertz CT molecular complexity index is 299. The third-order valence-electron chi connectivity index (χ3n) is 2.22. The van der Waals surface area contributed by atoms with Gasteiger partial charge in [0.25, 0.3) is 0 Å². The van der Waals surface area contributed by atoms with Crippen molar-refractivity contribution in [1.82, 2.24) is 9.55 Å². The molecule has 0 aliphatic heterocycles. The zero-order valence-corrected chi connectivity index (χ0v) is 7.96. The van der Waals surface area contributed by atoms with E-state index in [2.05, 4.69) is 4.98 Å². The molecular formula is C9H14N2O. The van der Waals surface area contributed by atoms with Crippen LogP contribution in [0.2, 0.25) is 0 Å². The van der Waals surface area contributed by atoms with E-state index in [9.17, 15) is 4.79 Å². The predicted molar refractivity (Wildman–Crippen MR) is 47.0 cm³/mol. The van der Waals surface area contributed by atoms with E-state index in [4.69, 9.17) is 0 Å². The van der Waals surface area contributed by atoms with Crippen LogP contribution in [0.4, 0.5) is 0 Å². The number of hydrogen-bond acceptors (Lipinski definition) is 2. The summed E-state index contributed by atoms with van der Waals surface area (Å²) in [7, 11) is 0. The number of nitrogens with zero attached hydrogens (tertiary/aromatic N) is 2. The van der Waals surface area contributed by atoms with Gasteiger partial charge in [-0.1, -0.05) is 0 Å². The molecule has 0 bridgehead atoms. The molecule has 1 aromatic rings. The zero-order valence-electron chi connectivity index (χ0n) is 7.96. The second-order valence-electron chi connectivity index (χ2n) is 3.54. The van der Waals surface area contributed by atoms with E-state index in [0.29, 0.717) is 0 Å². The molecule has 0 unspecified atom stereocenters. The summed E-state index contributed by atoms with van der Waals surface area (Å²) in [4.78, 5) is 15.3. The number of hydrogen-bond donors (Lipinski definition) is 0. The Morgan fingerprint density at radius 3 is 2.50 bits per heavy atom. The lowest BCUT2D eigenvalue weighted by Crippen LogP contribution is -2.32. The van der Waals surface area contributed by atoms with Gasteiger partial charge < -0.3 is 4.57 Å². The number of aromatic nitrogens is 2. The first-order valence-electron chi connectivity index (χ1n) is 3.96. The van der Waals surface area contributed by atoms with E-state index in [-0.39, 0.29) is 5.78 Å². The number of Topliss-reactive ketones (excluding diaryl/α,β-unsaturated/α-hetero) is 1. The topological polar surface area (TPSA) is 34.9 Å². The maximum Gasteiger partial charge on any atom is 0.155 e. The molecule has 0 aliphatic carbocycles. The lowest BCUT2D eigenvalue weighted by molar-refractivity contribution is -0.123. The molecule has 0 fully saturated rings. The molecule has 3 nitrogen and oxygen atoms in total. The molecule has 0 atom stereocenters. The van der Waals surface area contributed by atoms with Gasteiger partial charge in [-0.15, -0.1) is 0 Å². The van der Waals surface area contributed by atoms with Gasteiger partial charge in [0.1, 0.15) is 0 Å². The van der Waals surface area contributed by atoms with Gasteiger partial charge in [-0.2, -0.15) is 0 Å². The number of aryl methyl sites for hydroxylation is 1. The van der Waals surface area contributed by atoms with Crippen LogP contribution in [-0.2, 0) is 10.3 Å². The molecule has 1 rings (SSSR count). The lowest BCUT2D eigenvalue weighted by Gasteiger charge is -2.22. The normalized spacial score (nSPS) is 11.7. The molecule has 0 saturated heterocycles. The summed E-state index contributed by atoms with van der Waals surface area (Å²) >= 11 is 0. The van der Waals surface area contributed by atoms with Crippen molar-refractivity contribution in [2.75, 3.05) is 0 Å². The van der Waals surface area contributed by atoms with Crippen molar-refractivity contribution in [3.8, 4) is 0 Å². The summed E-state index contributed by atoms with van der Waals surface area (Å²) in [6.45, 7) is 7.27. The Balaban J connectivity index is 3.05. The smallest absolute Gasteiger partial charge is 0.155 e. The fraction of sp³-hybridized carbons (Fsp3) is 0.556. The minimum Gasteiger partial charge on any atom is -0.325 e. The molecule has 3 heteroatoms. The third kappa shape index (κ3) is 1.40. The van der Waals surface area contributed by atoms with Crippen LogP contribution in [0.3, 0.4) is 0 Å². The highest BCUT2D eigenvalue weighted by atomic mass is 16.1. The quantitative estimate of drug-likeness (QED) is 0.667. The summed E-state index contributed by atoms with van der Waals surface area (Å²) in [5, 5.41) is 0. The second-order valence-corrected chi connectivity index (χ2v) is 3.54. The maximum absolute atomic E-state index is 11.2. The van der Waals surface area contributed by atoms with Crippen molar-refractivity contribution in [2.45, 2.75) is 33.2 Å². The van der Waals surface area contributed by atoms with Crippen molar-refractivity contribution < 1.29 is 4.79 Å². The van der Waals surface area contributed by atoms with Gasteiger partial charge in [0, 0.05) is 6.20 Å². The molecule has 0 aromatic carbocycles. The molecule has 0 aliphatic rings. The fourth-order valence-electron chi connectivity index (χ4n) is 0.909. The Morgan fingerprint density at radius 2 is 2.17 bits per heavy atom. The minimum atomic E-state index is -0.471. The predicted octanol–water partition coefficient (Wildman–Crippen LogP) is 1.52. The van der Waals surface area contributed by atoms with Gasteiger partial charge in [0.15, 0.2) is 5.78 Å². The highest BCUT2D eigenvalue weighted by molar-refractivity contribution is 5.83. The Morgan fingerprint density at radius 1 is 1.58 bits per heavy atom. The number of rotatable bonds is 2. The lowest BCUT2D eigenvalue weighted by atomic mass is 10.0. The molecule has 12 heavy (non-hydrogen) atoms. The molecular weight excluding hydrogens is 152 g/mol. The van der Waals surface area contributed by atoms with E-state index in [0.717, 1.165) is 5.69 Å². The Hall–Kier alpha value is -1.12. The van der Waals surface area contributed by atoms with Gasteiger partial charge >= 0.3 is 0 Å². The molecule has 1 heterocycles. The number of carbonyl (C=O) groups excluding carboxylic acids is 1. The largest absolute Gasteiger partial charge is 0.325 e. The standard InChI is InChI=1S/C9H14N2O/c1-7-5-11(6-10-7)9(3,4)8(2)12/h5-6H,1-4H3. The van der Waals surface area contributed by atoms with Crippen LogP contribution in [0.25, 0.3) is 0 Å². The van der Waals surface area contributed by atoms with Gasteiger partial charge in [0.05, 0.1) is 17.6 Å². The summed E-state index contributed by atoms with van der Waals surface area (Å²) in [6, 6.07) is 0. The summed E-state index contributed by atoms with van der Waals surface area (Å²) in [5.41, 5.74) is 0.464. The van der Waals surface area contributed by atoms with Gasteiger partial charge in [-0.25, -0.2) is 4.98 Å².